The highest BCUT2D eigenvalue weighted by atomic mass is 32.2. The van der Waals surface area contributed by atoms with Crippen molar-refractivity contribution in [2.24, 2.45) is 5.73 Å². The summed E-state index contributed by atoms with van der Waals surface area (Å²) in [5.41, 5.74) is 3.53. The van der Waals surface area contributed by atoms with Crippen molar-refractivity contribution in [1.29, 1.82) is 0 Å². The molecule has 0 spiro atoms. The Hall–Kier alpha value is -1.01. The number of carbonyl (C=O) groups is 3. The molecule has 0 aliphatic heterocycles. The molecule has 9 nitrogen and oxygen atoms in total. The molecule has 0 aliphatic carbocycles. The topological polar surface area (TPSA) is 126 Å². The van der Waals surface area contributed by atoms with Crippen molar-refractivity contribution < 1.29 is 33.3 Å². The Kier molecular flexibility index (Phi) is 13.7. The number of hydrogen-bond donors (Lipinski definition) is 3. The summed E-state index contributed by atoms with van der Waals surface area (Å²) in [6.07, 6.45) is 0.246. The molecule has 31 heavy (non-hydrogen) atoms. The number of amides is 1. The molecule has 0 fully saturated rings. The Morgan fingerprint density at radius 1 is 0.871 bits per heavy atom. The van der Waals surface area contributed by atoms with E-state index >= 15 is 0 Å². The Bertz CT molecular complexity index is 541. The minimum atomic E-state index is -1.44. The first-order valence-electron chi connectivity index (χ1n) is 10.0. The second-order valence-electron chi connectivity index (χ2n) is 8.95. The fourth-order valence-corrected chi connectivity index (χ4v) is 3.21. The number of thiol groups is 1. The largest absolute Gasteiger partial charge is 0.458 e. The van der Waals surface area contributed by atoms with E-state index in [2.05, 4.69) is 17.9 Å². The zero-order valence-corrected chi connectivity index (χ0v) is 21.2. The summed E-state index contributed by atoms with van der Waals surface area (Å²) in [5.74, 6) is 0.764. The van der Waals surface area contributed by atoms with Crippen LogP contribution in [-0.2, 0) is 33.3 Å². The molecule has 0 rings (SSSR count). The second-order valence-corrected chi connectivity index (χ2v) is 10.6. The lowest BCUT2D eigenvalue weighted by Crippen LogP contribution is -2.62. The summed E-state index contributed by atoms with van der Waals surface area (Å²) in [4.78, 5) is 35.9. The maximum Gasteiger partial charge on any atom is 0.332 e. The molecule has 3 N–H and O–H groups in total. The van der Waals surface area contributed by atoms with Crippen LogP contribution in [0.2, 0.25) is 0 Å². The van der Waals surface area contributed by atoms with Gasteiger partial charge in [0.05, 0.1) is 13.2 Å². The lowest BCUT2D eigenvalue weighted by atomic mass is 10.2. The lowest BCUT2D eigenvalue weighted by molar-refractivity contribution is -0.162. The molecular formula is C20H38N2O7S2. The number of rotatable bonds is 14. The van der Waals surface area contributed by atoms with Gasteiger partial charge in [-0.15, -0.1) is 0 Å². The average Bonchev–Trinajstić information content (AvgIpc) is 2.55. The molecule has 11 heteroatoms. The smallest absolute Gasteiger partial charge is 0.332 e. The molecule has 0 heterocycles. The zero-order valence-electron chi connectivity index (χ0n) is 19.4. The third-order valence-corrected chi connectivity index (χ3v) is 4.61. The van der Waals surface area contributed by atoms with Crippen LogP contribution in [0.5, 0.6) is 0 Å². The Labute approximate surface area is 195 Å². The monoisotopic (exact) mass is 482 g/mol. The number of nitrogens with one attached hydrogen (secondary N) is 1. The highest BCUT2D eigenvalue weighted by molar-refractivity contribution is 8.00. The van der Waals surface area contributed by atoms with Gasteiger partial charge in [0.2, 0.25) is 5.91 Å². The molecule has 0 unspecified atom stereocenters. The molecule has 0 bridgehead atoms. The summed E-state index contributed by atoms with van der Waals surface area (Å²) in [6.45, 7) is 9.37. The van der Waals surface area contributed by atoms with Crippen molar-refractivity contribution in [3.8, 4) is 0 Å². The fraction of sp³-hybridized carbons (Fsp3) is 0.850. The Morgan fingerprint density at radius 3 is 1.71 bits per heavy atom. The van der Waals surface area contributed by atoms with Gasteiger partial charge in [0.25, 0.3) is 0 Å². The number of esters is 2. The molecule has 0 aliphatic rings. The van der Waals surface area contributed by atoms with E-state index in [4.69, 9.17) is 24.7 Å². The normalized spacial score (nSPS) is 12.4. The summed E-state index contributed by atoms with van der Waals surface area (Å²) in [6, 6.07) is 0. The highest BCUT2D eigenvalue weighted by Gasteiger charge is 2.29. The van der Waals surface area contributed by atoms with Gasteiger partial charge in [-0.05, 0) is 47.3 Å². The van der Waals surface area contributed by atoms with Crippen molar-refractivity contribution in [3.63, 3.8) is 0 Å². The van der Waals surface area contributed by atoms with E-state index in [9.17, 15) is 14.4 Å². The minimum Gasteiger partial charge on any atom is -0.458 e. The number of hydrogen-bond acceptors (Lipinski definition) is 10. The van der Waals surface area contributed by atoms with Crippen molar-refractivity contribution >= 4 is 42.2 Å². The number of ether oxygens (including phenoxy) is 4. The Morgan fingerprint density at radius 2 is 1.32 bits per heavy atom. The van der Waals surface area contributed by atoms with Crippen molar-refractivity contribution in [1.82, 2.24) is 5.32 Å². The van der Waals surface area contributed by atoms with Crippen molar-refractivity contribution in [3.05, 3.63) is 0 Å². The first-order valence-corrected chi connectivity index (χ1v) is 11.8. The SMILES string of the molecule is CC(C)(C)OC(=O)COCC(N)(COCC(=O)OC(C)(C)C)NC(=O)CCSCCS. The molecule has 0 aromatic rings. The Balaban J connectivity index is 4.76. The third kappa shape index (κ3) is 18.3. The second kappa shape index (κ2) is 14.2. The molecule has 0 atom stereocenters. The van der Waals surface area contributed by atoms with Gasteiger partial charge in [-0.3, -0.25) is 4.79 Å². The van der Waals surface area contributed by atoms with Crippen LogP contribution in [0.1, 0.15) is 48.0 Å². The van der Waals surface area contributed by atoms with E-state index in [1.54, 1.807) is 53.3 Å². The third-order valence-electron chi connectivity index (χ3n) is 3.10. The molecule has 0 aromatic heterocycles. The summed E-state index contributed by atoms with van der Waals surface area (Å²) in [7, 11) is 0. The van der Waals surface area contributed by atoms with E-state index in [-0.39, 0.29) is 38.8 Å². The predicted molar refractivity (Wildman–Crippen MR) is 124 cm³/mol. The summed E-state index contributed by atoms with van der Waals surface area (Å²) >= 11 is 5.72. The van der Waals surface area contributed by atoms with Gasteiger partial charge in [-0.2, -0.15) is 24.4 Å². The van der Waals surface area contributed by atoms with Crippen molar-refractivity contribution in [2.75, 3.05) is 43.7 Å². The quantitative estimate of drug-likeness (QED) is 0.146. The van der Waals surface area contributed by atoms with Gasteiger partial charge in [-0.1, -0.05) is 0 Å². The lowest BCUT2D eigenvalue weighted by Gasteiger charge is -2.30. The number of nitrogens with two attached hydrogens (primary N) is 1. The maximum atomic E-state index is 12.3. The van der Waals surface area contributed by atoms with Crippen LogP contribution < -0.4 is 11.1 Å². The van der Waals surface area contributed by atoms with Crippen LogP contribution >= 0.6 is 24.4 Å². The molecule has 0 saturated carbocycles. The van der Waals surface area contributed by atoms with Crippen LogP contribution in [0, 0.1) is 0 Å². The molecule has 0 saturated heterocycles. The molecule has 0 aromatic carbocycles. The van der Waals surface area contributed by atoms with E-state index in [0.717, 1.165) is 11.5 Å². The van der Waals surface area contributed by atoms with Crippen LogP contribution in [0.3, 0.4) is 0 Å². The van der Waals surface area contributed by atoms with E-state index in [1.165, 1.54) is 0 Å². The average molecular weight is 483 g/mol. The molecule has 0 radical (unpaired) electrons. The van der Waals surface area contributed by atoms with Gasteiger partial charge >= 0.3 is 11.9 Å². The van der Waals surface area contributed by atoms with Gasteiger partial charge in [0.15, 0.2) is 0 Å². The van der Waals surface area contributed by atoms with Crippen LogP contribution in [0.25, 0.3) is 0 Å². The van der Waals surface area contributed by atoms with Gasteiger partial charge in [0, 0.05) is 17.9 Å². The summed E-state index contributed by atoms with van der Waals surface area (Å²) in [5, 5.41) is 2.67. The highest BCUT2D eigenvalue weighted by Crippen LogP contribution is 2.09. The van der Waals surface area contributed by atoms with Crippen molar-refractivity contribution in [2.45, 2.75) is 64.8 Å². The van der Waals surface area contributed by atoms with E-state index in [0.29, 0.717) is 5.75 Å². The molecular weight excluding hydrogens is 444 g/mol. The van der Waals surface area contributed by atoms with Gasteiger partial charge in [-0.25, -0.2) is 9.59 Å². The van der Waals surface area contributed by atoms with Crippen LogP contribution in [0.4, 0.5) is 0 Å². The van der Waals surface area contributed by atoms with E-state index in [1.807, 2.05) is 0 Å². The molecule has 182 valence electrons. The van der Waals surface area contributed by atoms with Crippen LogP contribution in [0.15, 0.2) is 0 Å². The standard InChI is InChI=1S/C20H38N2O7S2/c1-18(2,3)28-16(24)11-26-13-20(21,22-15(23)7-9-31-10-8-30)14-27-12-17(25)29-19(4,5)6/h30H,7-14,21H2,1-6H3,(H,22,23). The maximum absolute atomic E-state index is 12.3. The molecule has 1 amide bonds. The first-order chi connectivity index (χ1) is 14.2. The van der Waals surface area contributed by atoms with E-state index < -0.39 is 28.8 Å². The number of carbonyl (C=O) groups excluding carboxylic acids is 3. The summed E-state index contributed by atoms with van der Waals surface area (Å²) < 4.78 is 21.1. The predicted octanol–water partition coefficient (Wildman–Crippen LogP) is 1.53. The first kappa shape index (κ1) is 30.0. The fourth-order valence-electron chi connectivity index (χ4n) is 2.16. The van der Waals surface area contributed by atoms with Gasteiger partial charge in [0.1, 0.15) is 30.1 Å². The van der Waals surface area contributed by atoms with Gasteiger partial charge < -0.3 is 30.0 Å². The van der Waals surface area contributed by atoms with Crippen LogP contribution in [-0.4, -0.2) is 78.4 Å². The minimum absolute atomic E-state index is 0.212. The zero-order chi connectivity index (χ0) is 24.1. The number of thioether (sulfide) groups is 1.